The minimum Gasteiger partial charge on any atom is -0.348 e. The van der Waals surface area contributed by atoms with Crippen molar-refractivity contribution < 1.29 is 0 Å². The summed E-state index contributed by atoms with van der Waals surface area (Å²) in [6.07, 6.45) is 3.91. The molecular weight excluding hydrogens is 264 g/mol. The van der Waals surface area contributed by atoms with Crippen molar-refractivity contribution in [3.05, 3.63) is 23.2 Å². The molecule has 1 aromatic heterocycles. The van der Waals surface area contributed by atoms with E-state index in [-0.39, 0.29) is 0 Å². The maximum absolute atomic E-state index is 6.02. The summed E-state index contributed by atoms with van der Waals surface area (Å²) in [5.41, 5.74) is 1.07. The number of benzene rings is 1. The zero-order chi connectivity index (χ0) is 12.5. The van der Waals surface area contributed by atoms with Gasteiger partial charge in [0.05, 0.1) is 10.2 Å². The highest BCUT2D eigenvalue weighted by molar-refractivity contribution is 7.22. The lowest BCUT2D eigenvalue weighted by Crippen LogP contribution is -2.33. The Morgan fingerprint density at radius 2 is 2.17 bits per heavy atom. The van der Waals surface area contributed by atoms with E-state index in [2.05, 4.69) is 11.8 Å². The molecule has 18 heavy (non-hydrogen) atoms. The van der Waals surface area contributed by atoms with Gasteiger partial charge in [0.15, 0.2) is 5.13 Å². The zero-order valence-corrected chi connectivity index (χ0v) is 12.1. The molecule has 1 fully saturated rings. The van der Waals surface area contributed by atoms with Gasteiger partial charge in [-0.1, -0.05) is 36.3 Å². The number of anilines is 1. The van der Waals surface area contributed by atoms with Gasteiger partial charge in [0, 0.05) is 18.1 Å². The van der Waals surface area contributed by atoms with Crippen molar-refractivity contribution in [3.63, 3.8) is 0 Å². The summed E-state index contributed by atoms with van der Waals surface area (Å²) in [5.74, 6) is 0.907. The van der Waals surface area contributed by atoms with Gasteiger partial charge in [0.25, 0.3) is 0 Å². The first kappa shape index (κ1) is 12.2. The second kappa shape index (κ2) is 5.06. The molecule has 2 nitrogen and oxygen atoms in total. The molecule has 3 rings (SSSR count). The summed E-state index contributed by atoms with van der Waals surface area (Å²) in [7, 11) is 0. The monoisotopic (exact) mass is 280 g/mol. The molecule has 0 unspecified atom stereocenters. The van der Waals surface area contributed by atoms with Gasteiger partial charge in [0.1, 0.15) is 0 Å². The van der Waals surface area contributed by atoms with Crippen LogP contribution in [-0.2, 0) is 0 Å². The van der Waals surface area contributed by atoms with Crippen LogP contribution in [0.4, 0.5) is 5.13 Å². The Morgan fingerprint density at radius 1 is 1.39 bits per heavy atom. The van der Waals surface area contributed by atoms with E-state index in [1.54, 1.807) is 11.3 Å². The highest BCUT2D eigenvalue weighted by Crippen LogP contribution is 2.33. The van der Waals surface area contributed by atoms with Crippen molar-refractivity contribution in [3.8, 4) is 0 Å². The van der Waals surface area contributed by atoms with E-state index in [1.807, 2.05) is 18.2 Å². The lowest BCUT2D eigenvalue weighted by Gasteiger charge is -2.31. The van der Waals surface area contributed by atoms with Crippen LogP contribution in [0.1, 0.15) is 26.2 Å². The van der Waals surface area contributed by atoms with Crippen LogP contribution < -0.4 is 4.90 Å². The average molecular weight is 281 g/mol. The number of aromatic nitrogens is 1. The summed E-state index contributed by atoms with van der Waals surface area (Å²) in [6, 6.07) is 5.93. The molecule has 0 atom stereocenters. The van der Waals surface area contributed by atoms with Crippen molar-refractivity contribution in [2.75, 3.05) is 18.0 Å². The first-order chi connectivity index (χ1) is 8.76. The number of hydrogen-bond donors (Lipinski definition) is 0. The summed E-state index contributed by atoms with van der Waals surface area (Å²) < 4.78 is 1.19. The lowest BCUT2D eigenvalue weighted by atomic mass is 9.95. The molecule has 96 valence electrons. The number of fused-ring (bicyclic) bond motifs is 1. The predicted molar refractivity (Wildman–Crippen MR) is 79.9 cm³/mol. The van der Waals surface area contributed by atoms with E-state index in [9.17, 15) is 0 Å². The number of hydrogen-bond acceptors (Lipinski definition) is 3. The fourth-order valence-electron chi connectivity index (χ4n) is 2.55. The highest BCUT2D eigenvalue weighted by Gasteiger charge is 2.20. The van der Waals surface area contributed by atoms with E-state index in [0.29, 0.717) is 0 Å². The smallest absolute Gasteiger partial charge is 0.186 e. The summed E-state index contributed by atoms with van der Waals surface area (Å²) in [6.45, 7) is 4.58. The minimum atomic E-state index is 0.794. The Hall–Kier alpha value is -0.800. The van der Waals surface area contributed by atoms with E-state index in [4.69, 9.17) is 16.6 Å². The Balaban J connectivity index is 1.82. The number of halogens is 1. The molecule has 4 heteroatoms. The van der Waals surface area contributed by atoms with E-state index in [1.165, 1.54) is 24.0 Å². The molecule has 0 bridgehead atoms. The van der Waals surface area contributed by atoms with Gasteiger partial charge < -0.3 is 4.90 Å². The standard InChI is InChI=1S/C14H17ClN2S/c1-2-10-5-7-17(8-6-10)14-16-12-4-3-11(15)9-13(12)18-14/h3-4,9-10H,2,5-8H2,1H3. The van der Waals surface area contributed by atoms with Crippen molar-refractivity contribution in [1.82, 2.24) is 4.98 Å². The zero-order valence-electron chi connectivity index (χ0n) is 10.5. The van der Waals surface area contributed by atoms with Gasteiger partial charge >= 0.3 is 0 Å². The minimum absolute atomic E-state index is 0.794. The van der Waals surface area contributed by atoms with Crippen LogP contribution >= 0.6 is 22.9 Å². The number of rotatable bonds is 2. The second-order valence-electron chi connectivity index (χ2n) is 4.95. The Labute approximate surface area is 117 Å². The normalized spacial score (nSPS) is 17.6. The first-order valence-corrected chi connectivity index (χ1v) is 7.76. The summed E-state index contributed by atoms with van der Waals surface area (Å²) in [5, 5.41) is 1.95. The second-order valence-corrected chi connectivity index (χ2v) is 6.39. The van der Waals surface area contributed by atoms with Crippen molar-refractivity contribution in [2.45, 2.75) is 26.2 Å². The molecule has 2 heterocycles. The molecule has 1 aliphatic rings. The number of nitrogens with zero attached hydrogens (tertiary/aromatic N) is 2. The SMILES string of the molecule is CCC1CCN(c2nc3ccc(Cl)cc3s2)CC1. The van der Waals surface area contributed by atoms with E-state index in [0.717, 1.165) is 34.7 Å². The fraction of sp³-hybridized carbons (Fsp3) is 0.500. The highest BCUT2D eigenvalue weighted by atomic mass is 35.5. The number of thiazole rings is 1. The van der Waals surface area contributed by atoms with Gasteiger partial charge in [-0.25, -0.2) is 4.98 Å². The summed E-state index contributed by atoms with van der Waals surface area (Å²) >= 11 is 7.77. The predicted octanol–water partition coefficient (Wildman–Crippen LogP) is 4.58. The molecule has 0 N–H and O–H groups in total. The van der Waals surface area contributed by atoms with Gasteiger partial charge in [-0.15, -0.1) is 0 Å². The molecule has 1 aromatic carbocycles. The Kier molecular flexibility index (Phi) is 3.44. The molecule has 1 saturated heterocycles. The van der Waals surface area contributed by atoms with Crippen LogP contribution in [0.3, 0.4) is 0 Å². The van der Waals surface area contributed by atoms with Crippen LogP contribution in [0.25, 0.3) is 10.2 Å². The average Bonchev–Trinajstić information content (AvgIpc) is 2.81. The Morgan fingerprint density at radius 3 is 2.89 bits per heavy atom. The van der Waals surface area contributed by atoms with E-state index < -0.39 is 0 Å². The molecule has 2 aromatic rings. The Bertz CT molecular complexity index is 544. The van der Waals surface area contributed by atoms with E-state index >= 15 is 0 Å². The van der Waals surface area contributed by atoms with Crippen LogP contribution in [-0.4, -0.2) is 18.1 Å². The third-order valence-electron chi connectivity index (χ3n) is 3.80. The van der Waals surface area contributed by atoms with Crippen LogP contribution in [0, 0.1) is 5.92 Å². The molecule has 1 aliphatic heterocycles. The molecule has 0 radical (unpaired) electrons. The third-order valence-corrected chi connectivity index (χ3v) is 5.12. The topological polar surface area (TPSA) is 16.1 Å². The quantitative estimate of drug-likeness (QED) is 0.801. The molecular formula is C14H17ClN2S. The van der Waals surface area contributed by atoms with Gasteiger partial charge in [-0.3, -0.25) is 0 Å². The first-order valence-electron chi connectivity index (χ1n) is 6.57. The maximum Gasteiger partial charge on any atom is 0.186 e. The molecule has 0 aliphatic carbocycles. The summed E-state index contributed by atoms with van der Waals surface area (Å²) in [4.78, 5) is 7.14. The largest absolute Gasteiger partial charge is 0.348 e. The maximum atomic E-state index is 6.02. The molecule has 0 spiro atoms. The van der Waals surface area contributed by atoms with Gasteiger partial charge in [-0.2, -0.15) is 0 Å². The van der Waals surface area contributed by atoms with Crippen molar-refractivity contribution in [2.24, 2.45) is 5.92 Å². The van der Waals surface area contributed by atoms with Gasteiger partial charge in [0.2, 0.25) is 0 Å². The molecule has 0 saturated carbocycles. The van der Waals surface area contributed by atoms with Crippen LogP contribution in [0.15, 0.2) is 18.2 Å². The van der Waals surface area contributed by atoms with Crippen LogP contribution in [0.5, 0.6) is 0 Å². The fourth-order valence-corrected chi connectivity index (χ4v) is 3.85. The lowest BCUT2D eigenvalue weighted by molar-refractivity contribution is 0.395. The number of piperidine rings is 1. The van der Waals surface area contributed by atoms with Crippen molar-refractivity contribution in [1.29, 1.82) is 0 Å². The van der Waals surface area contributed by atoms with Crippen LogP contribution in [0.2, 0.25) is 5.02 Å². The van der Waals surface area contributed by atoms with Gasteiger partial charge in [-0.05, 0) is 37.0 Å². The third kappa shape index (κ3) is 2.34. The molecule has 0 amide bonds. The van der Waals surface area contributed by atoms with Crippen molar-refractivity contribution >= 4 is 38.3 Å².